The Bertz CT molecular complexity index is 213. The summed E-state index contributed by atoms with van der Waals surface area (Å²) in [6.07, 6.45) is 4.90. The zero-order valence-corrected chi connectivity index (χ0v) is 8.73. The Morgan fingerprint density at radius 2 is 2.36 bits per heavy atom. The van der Waals surface area contributed by atoms with E-state index in [-0.39, 0.29) is 0 Å². The zero-order valence-electron chi connectivity index (χ0n) is 8.73. The molecule has 0 bridgehead atoms. The van der Waals surface area contributed by atoms with E-state index in [4.69, 9.17) is 5.73 Å². The lowest BCUT2D eigenvalue weighted by Crippen LogP contribution is -2.38. The SMILES string of the molecule is C/C=C/N=C(\NC=O)N(C)CCCN. The summed E-state index contributed by atoms with van der Waals surface area (Å²) in [5.74, 6) is 0.534. The van der Waals surface area contributed by atoms with Crippen LogP contribution in [0.2, 0.25) is 0 Å². The summed E-state index contributed by atoms with van der Waals surface area (Å²) >= 11 is 0. The maximum atomic E-state index is 10.3. The largest absolute Gasteiger partial charge is 0.345 e. The Morgan fingerprint density at radius 3 is 2.86 bits per heavy atom. The standard InChI is InChI=1S/C9H18N4O/c1-3-6-11-9(12-8-14)13(2)7-4-5-10/h3,6,8H,4-5,7,10H2,1-2H3,(H,11,12,14)/b6-3+. The molecule has 0 aliphatic carbocycles. The Hall–Kier alpha value is -1.36. The highest BCUT2D eigenvalue weighted by atomic mass is 16.1. The van der Waals surface area contributed by atoms with Gasteiger partial charge in [0.2, 0.25) is 12.4 Å². The third kappa shape index (κ3) is 5.31. The van der Waals surface area contributed by atoms with Crippen LogP contribution >= 0.6 is 0 Å². The number of carbonyl (C=O) groups is 1. The minimum atomic E-state index is 0.534. The second-order valence-corrected chi connectivity index (χ2v) is 2.76. The van der Waals surface area contributed by atoms with Gasteiger partial charge in [0, 0.05) is 19.8 Å². The lowest BCUT2D eigenvalue weighted by Gasteiger charge is -2.19. The lowest BCUT2D eigenvalue weighted by molar-refractivity contribution is -0.108. The van der Waals surface area contributed by atoms with Gasteiger partial charge in [-0.2, -0.15) is 0 Å². The Kier molecular flexibility index (Phi) is 7.45. The van der Waals surface area contributed by atoms with Crippen LogP contribution in [0.15, 0.2) is 17.3 Å². The van der Waals surface area contributed by atoms with Crippen LogP contribution in [-0.2, 0) is 4.79 Å². The van der Waals surface area contributed by atoms with Crippen molar-refractivity contribution >= 4 is 12.4 Å². The van der Waals surface area contributed by atoms with Crippen molar-refractivity contribution < 1.29 is 4.79 Å². The first-order valence-electron chi connectivity index (χ1n) is 4.56. The van der Waals surface area contributed by atoms with Crippen LogP contribution in [0.3, 0.4) is 0 Å². The number of nitrogens with zero attached hydrogens (tertiary/aromatic N) is 2. The fraction of sp³-hybridized carbons (Fsp3) is 0.556. The van der Waals surface area contributed by atoms with Crippen LogP contribution in [0.1, 0.15) is 13.3 Å². The van der Waals surface area contributed by atoms with Crippen molar-refractivity contribution in [2.45, 2.75) is 13.3 Å². The molecule has 0 heterocycles. The van der Waals surface area contributed by atoms with E-state index in [2.05, 4.69) is 10.3 Å². The lowest BCUT2D eigenvalue weighted by atomic mass is 10.4. The van der Waals surface area contributed by atoms with Crippen molar-refractivity contribution in [1.29, 1.82) is 0 Å². The maximum absolute atomic E-state index is 10.3. The average molecular weight is 198 g/mol. The second-order valence-electron chi connectivity index (χ2n) is 2.76. The Balaban J connectivity index is 4.23. The highest BCUT2D eigenvalue weighted by Crippen LogP contribution is 1.88. The fourth-order valence-electron chi connectivity index (χ4n) is 0.878. The van der Waals surface area contributed by atoms with Gasteiger partial charge in [0.25, 0.3) is 0 Å². The number of amides is 1. The topological polar surface area (TPSA) is 70.7 Å². The summed E-state index contributed by atoms with van der Waals surface area (Å²) in [5.41, 5.74) is 5.38. The molecule has 0 unspecified atom stereocenters. The number of guanidine groups is 1. The molecule has 5 nitrogen and oxygen atoms in total. The summed E-state index contributed by atoms with van der Waals surface area (Å²) in [4.78, 5) is 16.2. The van der Waals surface area contributed by atoms with Crippen LogP contribution < -0.4 is 11.1 Å². The zero-order chi connectivity index (χ0) is 10.8. The molecular weight excluding hydrogens is 180 g/mol. The van der Waals surface area contributed by atoms with Gasteiger partial charge in [0.15, 0.2) is 0 Å². The fourth-order valence-corrected chi connectivity index (χ4v) is 0.878. The highest BCUT2D eigenvalue weighted by molar-refractivity contribution is 5.88. The number of hydrogen-bond donors (Lipinski definition) is 2. The maximum Gasteiger partial charge on any atom is 0.213 e. The van der Waals surface area contributed by atoms with Gasteiger partial charge in [0.05, 0.1) is 0 Å². The van der Waals surface area contributed by atoms with Gasteiger partial charge in [-0.3, -0.25) is 10.1 Å². The molecule has 0 saturated carbocycles. The van der Waals surface area contributed by atoms with E-state index in [0.717, 1.165) is 13.0 Å². The van der Waals surface area contributed by atoms with E-state index in [9.17, 15) is 4.79 Å². The normalized spacial score (nSPS) is 11.8. The first-order chi connectivity index (χ1) is 6.76. The van der Waals surface area contributed by atoms with Crippen LogP contribution in [0.5, 0.6) is 0 Å². The highest BCUT2D eigenvalue weighted by Gasteiger charge is 2.02. The minimum absolute atomic E-state index is 0.534. The van der Waals surface area contributed by atoms with Gasteiger partial charge in [-0.1, -0.05) is 6.08 Å². The smallest absolute Gasteiger partial charge is 0.213 e. The van der Waals surface area contributed by atoms with Crippen molar-refractivity contribution in [3.05, 3.63) is 12.3 Å². The van der Waals surface area contributed by atoms with Crippen molar-refractivity contribution in [2.75, 3.05) is 20.1 Å². The van der Waals surface area contributed by atoms with Crippen molar-refractivity contribution in [3.63, 3.8) is 0 Å². The molecule has 0 fully saturated rings. The van der Waals surface area contributed by atoms with Crippen LogP contribution in [0.4, 0.5) is 0 Å². The van der Waals surface area contributed by atoms with E-state index in [0.29, 0.717) is 18.9 Å². The quantitative estimate of drug-likeness (QED) is 0.368. The first-order valence-corrected chi connectivity index (χ1v) is 4.56. The third-order valence-corrected chi connectivity index (χ3v) is 1.59. The number of allylic oxidation sites excluding steroid dienone is 1. The predicted octanol–water partition coefficient (Wildman–Crippen LogP) is -0.0974. The van der Waals surface area contributed by atoms with E-state index in [1.807, 2.05) is 18.9 Å². The minimum Gasteiger partial charge on any atom is -0.345 e. The molecule has 5 heteroatoms. The molecule has 0 atom stereocenters. The van der Waals surface area contributed by atoms with Gasteiger partial charge >= 0.3 is 0 Å². The van der Waals surface area contributed by atoms with E-state index in [1.165, 1.54) is 0 Å². The number of nitrogens with one attached hydrogen (secondary N) is 1. The molecule has 0 aromatic carbocycles. The van der Waals surface area contributed by atoms with Crippen LogP contribution in [0, 0.1) is 0 Å². The molecule has 0 rings (SSSR count). The van der Waals surface area contributed by atoms with Crippen LogP contribution in [0.25, 0.3) is 0 Å². The third-order valence-electron chi connectivity index (χ3n) is 1.59. The van der Waals surface area contributed by atoms with Gasteiger partial charge in [-0.25, -0.2) is 4.99 Å². The number of nitrogens with two attached hydrogens (primary N) is 1. The predicted molar refractivity (Wildman–Crippen MR) is 57.8 cm³/mol. The average Bonchev–Trinajstić information content (AvgIpc) is 2.20. The molecule has 1 amide bonds. The van der Waals surface area contributed by atoms with Crippen LogP contribution in [-0.4, -0.2) is 37.4 Å². The summed E-state index contributed by atoms with van der Waals surface area (Å²) in [6, 6.07) is 0. The molecule has 0 aromatic rings. The molecule has 0 aliphatic heterocycles. The van der Waals surface area contributed by atoms with Crippen molar-refractivity contribution in [1.82, 2.24) is 10.2 Å². The number of aliphatic imine (C=N–C) groups is 1. The van der Waals surface area contributed by atoms with Crippen molar-refractivity contribution in [2.24, 2.45) is 10.7 Å². The number of rotatable bonds is 5. The molecule has 0 aromatic heterocycles. The number of hydrogen-bond acceptors (Lipinski definition) is 3. The molecule has 3 N–H and O–H groups in total. The summed E-state index contributed by atoms with van der Waals surface area (Å²) in [5, 5.41) is 2.53. The van der Waals surface area contributed by atoms with Gasteiger partial charge < -0.3 is 10.6 Å². The Morgan fingerprint density at radius 1 is 1.64 bits per heavy atom. The van der Waals surface area contributed by atoms with E-state index < -0.39 is 0 Å². The van der Waals surface area contributed by atoms with Gasteiger partial charge in [-0.15, -0.1) is 0 Å². The molecule has 14 heavy (non-hydrogen) atoms. The molecule has 0 saturated heterocycles. The molecule has 0 aliphatic rings. The molecule has 0 radical (unpaired) electrons. The summed E-state index contributed by atoms with van der Waals surface area (Å²) in [6.45, 7) is 3.26. The van der Waals surface area contributed by atoms with E-state index >= 15 is 0 Å². The van der Waals surface area contributed by atoms with Gasteiger partial charge in [-0.05, 0) is 19.9 Å². The van der Waals surface area contributed by atoms with E-state index in [1.54, 1.807) is 12.3 Å². The van der Waals surface area contributed by atoms with Crippen molar-refractivity contribution in [3.8, 4) is 0 Å². The molecule has 0 spiro atoms. The monoisotopic (exact) mass is 198 g/mol. The summed E-state index contributed by atoms with van der Waals surface area (Å²) < 4.78 is 0. The second kappa shape index (κ2) is 8.25. The first kappa shape index (κ1) is 12.6. The number of carbonyl (C=O) groups excluding carboxylic acids is 1. The summed E-state index contributed by atoms with van der Waals surface area (Å²) in [7, 11) is 1.86. The molecule has 80 valence electrons. The molecular formula is C9H18N4O. The van der Waals surface area contributed by atoms with Gasteiger partial charge in [0.1, 0.15) is 0 Å². The Labute approximate surface area is 84.7 Å².